The molecule has 1 saturated heterocycles. The molecule has 216 valence electrons. The zero-order chi connectivity index (χ0) is 29.6. The third kappa shape index (κ3) is 5.03. The number of hydrogen-bond donors (Lipinski definition) is 1. The maximum absolute atomic E-state index is 13.8. The second kappa shape index (κ2) is 10.4. The van der Waals surface area contributed by atoms with E-state index in [1.54, 1.807) is 17.0 Å². The average Bonchev–Trinajstić information content (AvgIpc) is 3.19. The predicted molar refractivity (Wildman–Crippen MR) is 143 cm³/mol. The van der Waals surface area contributed by atoms with Gasteiger partial charge in [0, 0.05) is 49.6 Å². The Morgan fingerprint density at radius 3 is 2.44 bits per heavy atom. The van der Waals surface area contributed by atoms with E-state index in [4.69, 9.17) is 0 Å². The molecule has 5 rings (SSSR count). The summed E-state index contributed by atoms with van der Waals surface area (Å²) in [5.41, 5.74) is -0.715. The van der Waals surface area contributed by atoms with Gasteiger partial charge in [-0.3, -0.25) is 23.9 Å². The van der Waals surface area contributed by atoms with Crippen molar-refractivity contribution in [2.75, 3.05) is 17.4 Å². The molecular weight excluding hydrogens is 559 g/mol. The van der Waals surface area contributed by atoms with E-state index < -0.39 is 45.7 Å². The Bertz CT molecular complexity index is 1590. The van der Waals surface area contributed by atoms with Gasteiger partial charge in [0.25, 0.3) is 15.9 Å². The molecule has 9 nitrogen and oxygen atoms in total. The normalized spacial score (nSPS) is 18.3. The van der Waals surface area contributed by atoms with E-state index in [9.17, 15) is 31.2 Å². The van der Waals surface area contributed by atoms with Gasteiger partial charge in [-0.15, -0.1) is 0 Å². The van der Waals surface area contributed by atoms with E-state index in [2.05, 4.69) is 15.3 Å². The van der Waals surface area contributed by atoms with Crippen LogP contribution in [0.2, 0.25) is 0 Å². The summed E-state index contributed by atoms with van der Waals surface area (Å²) < 4.78 is 69.2. The van der Waals surface area contributed by atoms with E-state index in [-0.39, 0.29) is 22.1 Å². The number of anilines is 1. The first-order valence-electron chi connectivity index (χ1n) is 13.0. The molecule has 41 heavy (non-hydrogen) atoms. The maximum atomic E-state index is 13.8. The average molecular weight is 588 g/mol. The molecule has 0 radical (unpaired) electrons. The second-order valence-corrected chi connectivity index (χ2v) is 12.1. The van der Waals surface area contributed by atoms with Crippen LogP contribution in [0.1, 0.15) is 53.9 Å². The van der Waals surface area contributed by atoms with Gasteiger partial charge in [-0.1, -0.05) is 0 Å². The number of amides is 2. The van der Waals surface area contributed by atoms with Gasteiger partial charge in [-0.2, -0.15) is 13.2 Å². The van der Waals surface area contributed by atoms with Crippen LogP contribution in [0.25, 0.3) is 0 Å². The summed E-state index contributed by atoms with van der Waals surface area (Å²) in [5, 5.41) is 2.52. The van der Waals surface area contributed by atoms with Crippen LogP contribution >= 0.6 is 0 Å². The Kier molecular flexibility index (Phi) is 7.26. The fraction of sp³-hybridized carbons (Fsp3) is 0.357. The molecule has 2 aliphatic heterocycles. The van der Waals surface area contributed by atoms with Gasteiger partial charge in [0.2, 0.25) is 5.91 Å². The van der Waals surface area contributed by atoms with E-state index >= 15 is 0 Å². The van der Waals surface area contributed by atoms with E-state index in [1.165, 1.54) is 54.1 Å². The van der Waals surface area contributed by atoms with Crippen molar-refractivity contribution in [2.45, 2.75) is 55.8 Å². The van der Waals surface area contributed by atoms with E-state index in [0.717, 1.165) is 6.07 Å². The predicted octanol–water partition coefficient (Wildman–Crippen LogP) is 3.90. The van der Waals surface area contributed by atoms with Gasteiger partial charge in [-0.05, 0) is 67.8 Å². The summed E-state index contributed by atoms with van der Waals surface area (Å²) in [4.78, 5) is 34.7. The molecular formula is C28H28F3N5O4S. The highest BCUT2D eigenvalue weighted by atomic mass is 32.2. The highest BCUT2D eigenvalue weighted by Gasteiger charge is 2.54. The number of benzene rings is 1. The van der Waals surface area contributed by atoms with Gasteiger partial charge >= 0.3 is 6.18 Å². The third-order valence-electron chi connectivity index (χ3n) is 8.09. The van der Waals surface area contributed by atoms with Crippen LogP contribution in [0.4, 0.5) is 18.9 Å². The number of pyridine rings is 2. The fourth-order valence-corrected chi connectivity index (χ4v) is 7.60. The Morgan fingerprint density at radius 2 is 1.80 bits per heavy atom. The molecule has 1 unspecified atom stereocenters. The molecule has 2 aromatic heterocycles. The van der Waals surface area contributed by atoms with Crippen molar-refractivity contribution >= 4 is 27.5 Å². The Balaban J connectivity index is 1.51. The minimum atomic E-state index is -4.62. The molecule has 1 N–H and O–H groups in total. The molecule has 13 heteroatoms. The molecule has 2 aliphatic rings. The summed E-state index contributed by atoms with van der Waals surface area (Å²) in [5.74, 6) is -0.699. The minimum absolute atomic E-state index is 0.0219. The summed E-state index contributed by atoms with van der Waals surface area (Å²) in [7, 11) is -4.03. The molecule has 2 amide bonds. The van der Waals surface area contributed by atoms with Crippen LogP contribution in [-0.2, 0) is 33.0 Å². The van der Waals surface area contributed by atoms with Crippen LogP contribution in [0.3, 0.4) is 0 Å². The summed E-state index contributed by atoms with van der Waals surface area (Å²) >= 11 is 0. The van der Waals surface area contributed by atoms with Gasteiger partial charge in [0.05, 0.1) is 29.5 Å². The number of nitrogens with zero attached hydrogens (tertiary/aromatic N) is 4. The third-order valence-corrected chi connectivity index (χ3v) is 9.96. The zero-order valence-corrected chi connectivity index (χ0v) is 23.2. The first kappa shape index (κ1) is 28.5. The first-order valence-corrected chi connectivity index (χ1v) is 14.4. The lowest BCUT2D eigenvalue weighted by Gasteiger charge is -2.43. The van der Waals surface area contributed by atoms with Crippen molar-refractivity contribution in [3.05, 3.63) is 83.4 Å². The minimum Gasteiger partial charge on any atom is -0.346 e. The number of piperidine rings is 1. The molecule has 1 spiro atoms. The number of halogens is 3. The topological polar surface area (TPSA) is 113 Å². The fourth-order valence-electron chi connectivity index (χ4n) is 5.89. The molecule has 0 bridgehead atoms. The second-order valence-electron chi connectivity index (χ2n) is 10.2. The van der Waals surface area contributed by atoms with Crippen molar-refractivity contribution in [1.29, 1.82) is 0 Å². The van der Waals surface area contributed by atoms with Crippen LogP contribution in [0.5, 0.6) is 0 Å². The molecule has 4 heterocycles. The van der Waals surface area contributed by atoms with Crippen LogP contribution in [0, 0.1) is 0 Å². The number of carbonyl (C=O) groups excluding carboxylic acids is 2. The first-order chi connectivity index (χ1) is 19.4. The van der Waals surface area contributed by atoms with Gasteiger partial charge in [-0.25, -0.2) is 8.42 Å². The Morgan fingerprint density at radius 1 is 1.10 bits per heavy atom. The standard InChI is InChI=1S/C28H28F3N5O4S/c1-18-27(9-13-35(14-10-27)19(2)37)23-15-20(26(38)34-17-24-22(28(29,30)31)6-4-12-33-24)7-8-25(23)36(18)41(39,40)21-5-3-11-32-16-21/h3-8,11-12,15-16,18H,9-10,13-14,17H2,1-2H3,(H,34,38). The number of carbonyl (C=O) groups is 2. The molecule has 0 aliphatic carbocycles. The molecule has 1 aromatic carbocycles. The zero-order valence-electron chi connectivity index (χ0n) is 22.4. The van der Waals surface area contributed by atoms with Crippen molar-refractivity contribution in [1.82, 2.24) is 20.2 Å². The lowest BCUT2D eigenvalue weighted by Crippen LogP contribution is -2.52. The van der Waals surface area contributed by atoms with Crippen molar-refractivity contribution in [3.63, 3.8) is 0 Å². The number of fused-ring (bicyclic) bond motifs is 2. The van der Waals surface area contributed by atoms with Gasteiger partial charge in [0.15, 0.2) is 0 Å². The smallest absolute Gasteiger partial charge is 0.346 e. The van der Waals surface area contributed by atoms with Crippen LogP contribution < -0.4 is 9.62 Å². The summed E-state index contributed by atoms with van der Waals surface area (Å²) in [6.45, 7) is 3.68. The lowest BCUT2D eigenvalue weighted by molar-refractivity contribution is -0.138. The number of rotatable bonds is 5. The summed E-state index contributed by atoms with van der Waals surface area (Å²) in [6.07, 6.45) is 0.290. The molecule has 1 atom stereocenters. The number of likely N-dealkylation sites (tertiary alicyclic amines) is 1. The van der Waals surface area contributed by atoms with Crippen molar-refractivity contribution in [2.24, 2.45) is 0 Å². The number of hydrogen-bond acceptors (Lipinski definition) is 6. The quantitative estimate of drug-likeness (QED) is 0.485. The summed E-state index contributed by atoms with van der Waals surface area (Å²) in [6, 6.07) is 9.17. The Hall–Kier alpha value is -4.00. The molecule has 3 aromatic rings. The van der Waals surface area contributed by atoms with Gasteiger partial charge < -0.3 is 10.2 Å². The van der Waals surface area contributed by atoms with E-state index in [1.807, 2.05) is 6.92 Å². The largest absolute Gasteiger partial charge is 0.418 e. The molecule has 0 saturated carbocycles. The van der Waals surface area contributed by atoms with E-state index in [0.29, 0.717) is 37.2 Å². The van der Waals surface area contributed by atoms with Crippen molar-refractivity contribution in [3.8, 4) is 0 Å². The molecule has 1 fully saturated rings. The lowest BCUT2D eigenvalue weighted by atomic mass is 9.70. The monoisotopic (exact) mass is 587 g/mol. The number of nitrogens with one attached hydrogen (secondary N) is 1. The number of sulfonamides is 1. The maximum Gasteiger partial charge on any atom is 0.418 e. The highest BCUT2D eigenvalue weighted by Crippen LogP contribution is 2.53. The number of alkyl halides is 3. The SMILES string of the molecule is CC(=O)N1CCC2(CC1)c1cc(C(=O)NCc3ncccc3C(F)(F)F)ccc1N(S(=O)(=O)c1cccnc1)C2C. The van der Waals surface area contributed by atoms with Crippen LogP contribution in [0.15, 0.2) is 66.0 Å². The highest BCUT2D eigenvalue weighted by molar-refractivity contribution is 7.92. The van der Waals surface area contributed by atoms with Gasteiger partial charge in [0.1, 0.15) is 4.90 Å². The van der Waals surface area contributed by atoms with Crippen molar-refractivity contribution < 1.29 is 31.2 Å². The number of aromatic nitrogens is 2. The van der Waals surface area contributed by atoms with Crippen LogP contribution in [-0.4, -0.2) is 54.2 Å². The Labute approximate surface area is 235 Å².